The van der Waals surface area contributed by atoms with Crippen LogP contribution >= 0.6 is 0 Å². The molecule has 4 aromatic carbocycles. The molecule has 0 spiro atoms. The molecule has 0 aromatic heterocycles. The topological polar surface area (TPSA) is 215 Å². The molecule has 4 N–H and O–H groups in total. The van der Waals surface area contributed by atoms with E-state index in [0.717, 1.165) is 16.7 Å². The lowest BCUT2D eigenvalue weighted by atomic mass is 10.0. The van der Waals surface area contributed by atoms with Crippen molar-refractivity contribution < 1.29 is 43.2 Å². The zero-order chi connectivity index (χ0) is 43.9. The van der Waals surface area contributed by atoms with E-state index in [9.17, 15) is 38.9 Å². The van der Waals surface area contributed by atoms with Crippen LogP contribution in [-0.4, -0.2) is 59.2 Å². The van der Waals surface area contributed by atoms with E-state index in [-0.39, 0.29) is 68.0 Å². The summed E-state index contributed by atoms with van der Waals surface area (Å²) in [6.07, 6.45) is -0.715. The highest BCUT2D eigenvalue weighted by Gasteiger charge is 2.27. The number of rotatable bonds is 17. The highest BCUT2D eigenvalue weighted by atomic mass is 16.7. The van der Waals surface area contributed by atoms with Gasteiger partial charge in [-0.05, 0) is 72.9 Å². The molecule has 0 bridgehead atoms. The summed E-state index contributed by atoms with van der Waals surface area (Å²) in [7, 11) is 0. The smallest absolute Gasteiger partial charge is 0.429 e. The van der Waals surface area contributed by atoms with E-state index >= 15 is 0 Å². The van der Waals surface area contributed by atoms with Crippen LogP contribution in [0.5, 0.6) is 5.75 Å². The first-order valence-corrected chi connectivity index (χ1v) is 19.6. The molecule has 0 radical (unpaired) electrons. The first-order valence-electron chi connectivity index (χ1n) is 19.6. The summed E-state index contributed by atoms with van der Waals surface area (Å²) in [6, 6.07) is 24.5. The number of amides is 5. The molecule has 2 atom stereocenters. The van der Waals surface area contributed by atoms with Crippen LogP contribution < -0.4 is 30.9 Å². The molecule has 0 saturated carbocycles. The van der Waals surface area contributed by atoms with Gasteiger partial charge in [0.2, 0.25) is 29.5 Å². The molecule has 316 valence electrons. The van der Waals surface area contributed by atoms with Crippen molar-refractivity contribution in [2.24, 2.45) is 5.92 Å². The maximum Gasteiger partial charge on any atom is 0.514 e. The van der Waals surface area contributed by atoms with E-state index in [1.165, 1.54) is 31.2 Å². The summed E-state index contributed by atoms with van der Waals surface area (Å²) in [5.74, 6) is 4.13. The SMILES string of the molecule is CC(C)[C@H](NC(=O)CCCC(=O)NCCC(=O)N1Cc2ccccc2C#Cc2ccccc21)C(=O)N[C@@H](C)C(=O)Nc1ccc(COC(=O)Oc2ccc([N+](=O)[O-])cc2)cc1. The maximum absolute atomic E-state index is 13.4. The van der Waals surface area contributed by atoms with E-state index in [0.29, 0.717) is 23.5 Å². The monoisotopic (exact) mass is 830 g/mol. The normalized spacial score (nSPS) is 12.4. The number of nitro groups is 1. The van der Waals surface area contributed by atoms with Gasteiger partial charge in [-0.1, -0.05) is 68.2 Å². The van der Waals surface area contributed by atoms with Crippen molar-refractivity contribution in [1.82, 2.24) is 16.0 Å². The fraction of sp³-hybridized carbons (Fsp3) is 0.289. The Labute approximate surface area is 352 Å². The first kappa shape index (κ1) is 44.6. The second kappa shape index (κ2) is 21.5. The summed E-state index contributed by atoms with van der Waals surface area (Å²) in [5.41, 5.74) is 4.06. The molecule has 4 aromatic rings. The summed E-state index contributed by atoms with van der Waals surface area (Å²) >= 11 is 0. The molecule has 0 aliphatic carbocycles. The number of non-ortho nitro benzene ring substituents is 1. The largest absolute Gasteiger partial charge is 0.514 e. The van der Waals surface area contributed by atoms with Crippen molar-refractivity contribution >= 4 is 52.8 Å². The van der Waals surface area contributed by atoms with Crippen molar-refractivity contribution in [1.29, 1.82) is 0 Å². The lowest BCUT2D eigenvalue weighted by Gasteiger charge is -2.26. The van der Waals surface area contributed by atoms with E-state index in [4.69, 9.17) is 9.47 Å². The molecule has 1 heterocycles. The highest BCUT2D eigenvalue weighted by molar-refractivity contribution is 5.98. The number of hydrogen-bond donors (Lipinski definition) is 4. The molecule has 5 amide bonds. The number of fused-ring (bicyclic) bond motifs is 2. The third kappa shape index (κ3) is 13.2. The number of carbonyl (C=O) groups excluding carboxylic acids is 6. The third-order valence-electron chi connectivity index (χ3n) is 9.49. The number of anilines is 2. The number of para-hydroxylation sites is 1. The Balaban J connectivity index is 0.995. The van der Waals surface area contributed by atoms with Gasteiger partial charge in [-0.25, -0.2) is 4.79 Å². The Morgan fingerprint density at radius 2 is 1.43 bits per heavy atom. The number of nitrogens with one attached hydrogen (secondary N) is 4. The predicted octanol–water partition coefficient (Wildman–Crippen LogP) is 5.52. The van der Waals surface area contributed by atoms with Crippen LogP contribution in [0.15, 0.2) is 97.1 Å². The van der Waals surface area contributed by atoms with E-state index in [1.807, 2.05) is 48.5 Å². The standard InChI is InChI=1S/C45H46N6O10/c1-29(2)42(44(56)47-30(3)43(55)48-35-19-15-31(16-20-35)28-60-45(57)61-37-23-21-36(22-24-37)51(58)59)49-40(53)14-8-13-39(52)46-26-25-41(54)50-27-34-11-5-4-9-32(34)17-18-33-10-6-7-12-38(33)50/h4-7,9-12,15-16,19-24,29-30,42H,8,13-14,25-28H2,1-3H3,(H,46,52)(H,47,56)(H,48,55)(H,49,53)/t30-,42-/m0/s1. The van der Waals surface area contributed by atoms with Gasteiger partial charge in [-0.2, -0.15) is 0 Å². The Morgan fingerprint density at radius 1 is 0.770 bits per heavy atom. The minimum atomic E-state index is -1.01. The minimum absolute atomic E-state index is 0.0219. The first-order chi connectivity index (χ1) is 29.3. The number of carbonyl (C=O) groups is 6. The van der Waals surface area contributed by atoms with Crippen molar-refractivity contribution in [3.8, 4) is 17.6 Å². The molecule has 0 fully saturated rings. The number of ether oxygens (including phenoxy) is 2. The van der Waals surface area contributed by atoms with Crippen LogP contribution in [0.1, 0.15) is 68.7 Å². The number of nitro benzene ring substituents is 1. The highest BCUT2D eigenvalue weighted by Crippen LogP contribution is 2.26. The van der Waals surface area contributed by atoms with Crippen LogP contribution in [-0.2, 0) is 41.9 Å². The molecule has 16 heteroatoms. The van der Waals surface area contributed by atoms with Crippen molar-refractivity contribution in [3.05, 3.63) is 129 Å². The van der Waals surface area contributed by atoms with Gasteiger partial charge in [0, 0.05) is 54.8 Å². The van der Waals surface area contributed by atoms with Crippen LogP contribution in [0.25, 0.3) is 0 Å². The molecular weight excluding hydrogens is 785 g/mol. The molecule has 0 unspecified atom stereocenters. The third-order valence-corrected chi connectivity index (χ3v) is 9.49. The van der Waals surface area contributed by atoms with Crippen LogP contribution in [0.2, 0.25) is 0 Å². The summed E-state index contributed by atoms with van der Waals surface area (Å²) in [6.45, 7) is 5.32. The van der Waals surface area contributed by atoms with Crippen LogP contribution in [0, 0.1) is 27.9 Å². The van der Waals surface area contributed by atoms with Gasteiger partial charge in [0.25, 0.3) is 5.69 Å². The van der Waals surface area contributed by atoms with Crippen molar-refractivity contribution in [2.75, 3.05) is 16.8 Å². The fourth-order valence-corrected chi connectivity index (χ4v) is 6.14. The van der Waals surface area contributed by atoms with Crippen molar-refractivity contribution in [3.63, 3.8) is 0 Å². The number of hydrogen-bond acceptors (Lipinski definition) is 10. The van der Waals surface area contributed by atoms with Crippen LogP contribution in [0.3, 0.4) is 0 Å². The zero-order valence-corrected chi connectivity index (χ0v) is 33.9. The Morgan fingerprint density at radius 3 is 2.13 bits per heavy atom. The molecule has 61 heavy (non-hydrogen) atoms. The average molecular weight is 831 g/mol. The Bertz CT molecular complexity index is 2320. The number of benzene rings is 4. The summed E-state index contributed by atoms with van der Waals surface area (Å²) < 4.78 is 10.1. The van der Waals surface area contributed by atoms with E-state index < -0.39 is 40.9 Å². The van der Waals surface area contributed by atoms with Gasteiger partial charge < -0.3 is 35.6 Å². The minimum Gasteiger partial charge on any atom is -0.429 e. The Hall–Kier alpha value is -7.54. The second-order valence-electron chi connectivity index (χ2n) is 14.5. The summed E-state index contributed by atoms with van der Waals surface area (Å²) in [4.78, 5) is 88.9. The lowest BCUT2D eigenvalue weighted by molar-refractivity contribution is -0.384. The lowest BCUT2D eigenvalue weighted by Crippen LogP contribution is -2.53. The van der Waals surface area contributed by atoms with Gasteiger partial charge in [0.15, 0.2) is 0 Å². The quantitative estimate of drug-likeness (QED) is 0.0344. The predicted molar refractivity (Wildman–Crippen MR) is 225 cm³/mol. The van der Waals surface area contributed by atoms with Gasteiger partial charge in [-0.3, -0.25) is 34.1 Å². The van der Waals surface area contributed by atoms with E-state index in [1.54, 1.807) is 43.0 Å². The number of nitrogens with zero attached hydrogens (tertiary/aromatic N) is 2. The van der Waals surface area contributed by atoms with Crippen LogP contribution in [0.4, 0.5) is 21.9 Å². The molecule has 0 saturated heterocycles. The molecule has 1 aliphatic heterocycles. The average Bonchev–Trinajstić information content (AvgIpc) is 3.23. The maximum atomic E-state index is 13.4. The van der Waals surface area contributed by atoms with Gasteiger partial charge >= 0.3 is 6.16 Å². The zero-order valence-electron chi connectivity index (χ0n) is 33.9. The molecular formula is C45H46N6O10. The summed E-state index contributed by atoms with van der Waals surface area (Å²) in [5, 5.41) is 21.6. The van der Waals surface area contributed by atoms with Gasteiger partial charge in [-0.15, -0.1) is 0 Å². The van der Waals surface area contributed by atoms with Gasteiger partial charge in [0.05, 0.1) is 17.2 Å². The van der Waals surface area contributed by atoms with Gasteiger partial charge in [0.1, 0.15) is 24.4 Å². The Kier molecular flexibility index (Phi) is 15.7. The van der Waals surface area contributed by atoms with Crippen molar-refractivity contribution in [2.45, 2.75) is 71.7 Å². The molecule has 16 nitrogen and oxygen atoms in total. The molecule has 5 rings (SSSR count). The second-order valence-corrected chi connectivity index (χ2v) is 14.5. The van der Waals surface area contributed by atoms with E-state index in [2.05, 4.69) is 33.1 Å². The fourth-order valence-electron chi connectivity index (χ4n) is 6.14. The molecule has 1 aliphatic rings.